The zero-order valence-corrected chi connectivity index (χ0v) is 13.8. The minimum Gasteiger partial charge on any atom is -0.484 e. The number of primary amides is 1. The third-order valence-corrected chi connectivity index (χ3v) is 5.25. The molecule has 7 nitrogen and oxygen atoms in total. The van der Waals surface area contributed by atoms with Gasteiger partial charge in [0.05, 0.1) is 0 Å². The minimum absolute atomic E-state index is 0.178. The molecule has 8 heteroatoms. The van der Waals surface area contributed by atoms with Crippen LogP contribution in [-0.2, 0) is 14.4 Å². The molecule has 1 aromatic rings. The topological polar surface area (TPSA) is 102 Å². The lowest BCUT2D eigenvalue weighted by atomic mass is 10.0. The molecule has 2 atom stereocenters. The van der Waals surface area contributed by atoms with E-state index in [1.165, 1.54) is 16.7 Å². The molecule has 3 N–H and O–H groups in total. The Bertz CT molecular complexity index is 719. The van der Waals surface area contributed by atoms with Gasteiger partial charge in [0.15, 0.2) is 6.61 Å². The van der Waals surface area contributed by atoms with E-state index in [1.54, 1.807) is 31.2 Å². The Hall–Kier alpha value is -2.48. The average Bonchev–Trinajstić information content (AvgIpc) is 2.58. The molecule has 0 aliphatic carbocycles. The summed E-state index contributed by atoms with van der Waals surface area (Å²) in [5, 5.41) is 2.36. The van der Waals surface area contributed by atoms with Crippen LogP contribution < -0.4 is 15.8 Å². The average molecular weight is 347 g/mol. The van der Waals surface area contributed by atoms with E-state index in [4.69, 9.17) is 10.5 Å². The van der Waals surface area contributed by atoms with Crippen molar-refractivity contribution in [2.45, 2.75) is 18.3 Å². The van der Waals surface area contributed by atoms with E-state index in [1.807, 2.05) is 6.07 Å². The summed E-state index contributed by atoms with van der Waals surface area (Å²) >= 11 is 1.49. The van der Waals surface area contributed by atoms with Crippen LogP contribution in [-0.4, -0.2) is 46.4 Å². The van der Waals surface area contributed by atoms with Crippen molar-refractivity contribution in [1.29, 1.82) is 0 Å². The molecule has 0 aromatic heterocycles. The van der Waals surface area contributed by atoms with Crippen molar-refractivity contribution in [2.75, 3.05) is 12.4 Å². The molecule has 0 saturated carbocycles. The Kier molecular flexibility index (Phi) is 4.48. The molecule has 24 heavy (non-hydrogen) atoms. The van der Waals surface area contributed by atoms with Crippen molar-refractivity contribution >= 4 is 29.5 Å². The number of thioether (sulfide) groups is 1. The third-order valence-electron chi connectivity index (χ3n) is 3.82. The van der Waals surface area contributed by atoms with Crippen molar-refractivity contribution in [3.05, 3.63) is 41.6 Å². The number of ether oxygens (including phenoxy) is 1. The van der Waals surface area contributed by atoms with E-state index < -0.39 is 11.9 Å². The second kappa shape index (κ2) is 6.56. The standard InChI is InChI=1S/C16H17N3O4S/c1-9-8-24-16-12(15(22)19(16)13(9)14(17)21)18-11(20)7-23-10-5-3-2-4-6-10/h2-6,12,16H,7-8H2,1H3,(H2,17,21)(H,18,20)/t12-,16-/m1/s1. The summed E-state index contributed by atoms with van der Waals surface area (Å²) in [6.45, 7) is 1.60. The maximum atomic E-state index is 12.3. The summed E-state index contributed by atoms with van der Waals surface area (Å²) in [5.41, 5.74) is 6.38. The highest BCUT2D eigenvalue weighted by molar-refractivity contribution is 8.00. The number of nitrogens with zero attached hydrogens (tertiary/aromatic N) is 1. The number of carbonyl (C=O) groups is 3. The first-order valence-electron chi connectivity index (χ1n) is 7.40. The zero-order valence-electron chi connectivity index (χ0n) is 13.0. The highest BCUT2D eigenvalue weighted by Crippen LogP contribution is 2.39. The molecule has 1 saturated heterocycles. The van der Waals surface area contributed by atoms with Gasteiger partial charge in [-0.3, -0.25) is 19.3 Å². The molecule has 1 aromatic carbocycles. The highest BCUT2D eigenvalue weighted by Gasteiger charge is 2.53. The van der Waals surface area contributed by atoms with Crippen LogP contribution in [0.5, 0.6) is 5.75 Å². The fourth-order valence-electron chi connectivity index (χ4n) is 2.70. The summed E-state index contributed by atoms with van der Waals surface area (Å²) in [4.78, 5) is 37.2. The molecular weight excluding hydrogens is 330 g/mol. The summed E-state index contributed by atoms with van der Waals surface area (Å²) in [6.07, 6.45) is 0. The number of fused-ring (bicyclic) bond motifs is 1. The van der Waals surface area contributed by atoms with Crippen molar-refractivity contribution in [1.82, 2.24) is 10.2 Å². The monoisotopic (exact) mass is 347 g/mol. The molecule has 0 radical (unpaired) electrons. The molecule has 3 rings (SSSR count). The normalized spacial score (nSPS) is 22.5. The number of para-hydroxylation sites is 1. The van der Waals surface area contributed by atoms with Crippen molar-refractivity contribution in [2.24, 2.45) is 5.73 Å². The molecule has 2 aliphatic rings. The van der Waals surface area contributed by atoms with Gasteiger partial charge < -0.3 is 15.8 Å². The second-order valence-corrected chi connectivity index (χ2v) is 6.65. The predicted molar refractivity (Wildman–Crippen MR) is 88.9 cm³/mol. The van der Waals surface area contributed by atoms with Gasteiger partial charge in [-0.1, -0.05) is 18.2 Å². The van der Waals surface area contributed by atoms with E-state index >= 15 is 0 Å². The number of β-lactam (4-membered cyclic amide) rings is 1. The molecule has 2 aliphatic heterocycles. The smallest absolute Gasteiger partial charge is 0.265 e. The molecule has 0 spiro atoms. The maximum Gasteiger partial charge on any atom is 0.265 e. The van der Waals surface area contributed by atoms with E-state index in [9.17, 15) is 14.4 Å². The summed E-state index contributed by atoms with van der Waals surface area (Å²) in [6, 6.07) is 8.28. The van der Waals surface area contributed by atoms with Gasteiger partial charge in [-0.15, -0.1) is 11.8 Å². The Morgan fingerprint density at radius 3 is 2.75 bits per heavy atom. The van der Waals surface area contributed by atoms with Gasteiger partial charge in [-0.05, 0) is 24.6 Å². The van der Waals surface area contributed by atoms with Crippen LogP contribution in [0.1, 0.15) is 6.92 Å². The Morgan fingerprint density at radius 2 is 2.08 bits per heavy atom. The second-order valence-electron chi connectivity index (χ2n) is 5.55. The minimum atomic E-state index is -0.663. The van der Waals surface area contributed by atoms with Gasteiger partial charge in [-0.25, -0.2) is 0 Å². The molecular formula is C16H17N3O4S. The molecule has 0 bridgehead atoms. The SMILES string of the molecule is CC1=C(C(N)=O)N2C(=O)[C@@H](NC(=O)COc3ccccc3)[C@H]2SC1. The van der Waals surface area contributed by atoms with E-state index in [-0.39, 0.29) is 29.5 Å². The largest absolute Gasteiger partial charge is 0.484 e. The van der Waals surface area contributed by atoms with Gasteiger partial charge in [0.25, 0.3) is 17.7 Å². The Balaban J connectivity index is 1.59. The first-order valence-corrected chi connectivity index (χ1v) is 8.45. The fraction of sp³-hybridized carbons (Fsp3) is 0.312. The Labute approximate surface area is 143 Å². The highest BCUT2D eigenvalue weighted by atomic mass is 32.2. The number of carbonyl (C=O) groups excluding carboxylic acids is 3. The van der Waals surface area contributed by atoms with Crippen molar-refractivity contribution in [3.8, 4) is 5.75 Å². The number of hydrogen-bond acceptors (Lipinski definition) is 5. The number of amides is 3. The van der Waals surface area contributed by atoms with Crippen LogP contribution in [0.4, 0.5) is 0 Å². The van der Waals surface area contributed by atoms with E-state index in [0.29, 0.717) is 11.5 Å². The van der Waals surface area contributed by atoms with Gasteiger partial charge in [0.1, 0.15) is 22.9 Å². The van der Waals surface area contributed by atoms with Crippen molar-refractivity contribution < 1.29 is 19.1 Å². The van der Waals surface area contributed by atoms with Gasteiger partial charge in [0, 0.05) is 5.75 Å². The van der Waals surface area contributed by atoms with Gasteiger partial charge in [0.2, 0.25) is 0 Å². The maximum absolute atomic E-state index is 12.3. The number of hydrogen-bond donors (Lipinski definition) is 2. The summed E-state index contributed by atoms with van der Waals surface area (Å²) in [7, 11) is 0. The van der Waals surface area contributed by atoms with Gasteiger partial charge in [-0.2, -0.15) is 0 Å². The molecule has 2 heterocycles. The zero-order chi connectivity index (χ0) is 17.3. The summed E-state index contributed by atoms with van der Waals surface area (Å²) in [5.74, 6) is -0.156. The number of nitrogens with two attached hydrogens (primary N) is 1. The predicted octanol–water partition coefficient (Wildman–Crippen LogP) is 0.225. The Morgan fingerprint density at radius 1 is 1.38 bits per heavy atom. The van der Waals surface area contributed by atoms with Crippen LogP contribution in [0.2, 0.25) is 0 Å². The van der Waals surface area contributed by atoms with E-state index in [0.717, 1.165) is 5.57 Å². The third kappa shape index (κ3) is 2.96. The van der Waals surface area contributed by atoms with Crippen LogP contribution in [0.3, 0.4) is 0 Å². The van der Waals surface area contributed by atoms with Gasteiger partial charge >= 0.3 is 0 Å². The summed E-state index contributed by atoms with van der Waals surface area (Å²) < 4.78 is 5.36. The van der Waals surface area contributed by atoms with Crippen LogP contribution >= 0.6 is 11.8 Å². The first kappa shape index (κ1) is 16.4. The van der Waals surface area contributed by atoms with Crippen LogP contribution in [0, 0.1) is 0 Å². The lowest BCUT2D eigenvalue weighted by Crippen LogP contribution is -2.71. The molecule has 0 unspecified atom stereocenters. The van der Waals surface area contributed by atoms with Crippen molar-refractivity contribution in [3.63, 3.8) is 0 Å². The van der Waals surface area contributed by atoms with Crippen LogP contribution in [0.25, 0.3) is 0 Å². The molecule has 126 valence electrons. The number of benzene rings is 1. The van der Waals surface area contributed by atoms with Crippen LogP contribution in [0.15, 0.2) is 41.6 Å². The number of rotatable bonds is 5. The first-order chi connectivity index (χ1) is 11.5. The molecule has 1 fully saturated rings. The lowest BCUT2D eigenvalue weighted by molar-refractivity contribution is -0.147. The quantitative estimate of drug-likeness (QED) is 0.742. The number of nitrogens with one attached hydrogen (secondary N) is 1. The van der Waals surface area contributed by atoms with E-state index in [2.05, 4.69) is 5.32 Å². The lowest BCUT2D eigenvalue weighted by Gasteiger charge is -2.49. The fourth-order valence-corrected chi connectivity index (χ4v) is 3.99. The molecule has 3 amide bonds.